The fraction of sp³-hybridized carbons (Fsp3) is 0.433. The van der Waals surface area contributed by atoms with E-state index in [0.29, 0.717) is 0 Å². The van der Waals surface area contributed by atoms with Crippen molar-refractivity contribution in [3.05, 3.63) is 51.6 Å². The van der Waals surface area contributed by atoms with Crippen LogP contribution in [0, 0.1) is 0 Å². The molecule has 1 fully saturated rings. The summed E-state index contributed by atoms with van der Waals surface area (Å²) in [5.74, 6) is -4.38. The number of benzene rings is 2. The van der Waals surface area contributed by atoms with E-state index >= 15 is 0 Å². The van der Waals surface area contributed by atoms with Gasteiger partial charge in [-0.25, -0.2) is 4.99 Å². The van der Waals surface area contributed by atoms with Crippen LogP contribution in [0.15, 0.2) is 23.2 Å². The highest BCUT2D eigenvalue weighted by atomic mass is 16.7. The molecule has 0 spiro atoms. The molecular weight excluding hydrogens is 592 g/mol. The molecule has 0 bridgehead atoms. The Balaban J connectivity index is 1.56. The monoisotopic (exact) mass is 626 g/mol. The number of aliphatic hydroxyl groups is 2. The van der Waals surface area contributed by atoms with Crippen LogP contribution in [0.3, 0.4) is 0 Å². The Labute approximate surface area is 256 Å². The number of methoxy groups -OCH3 is 1. The number of Topliss-reactive ketones (excluding diaryl/α,β-unsaturated/α-hetero) is 1. The van der Waals surface area contributed by atoms with Crippen molar-refractivity contribution in [2.75, 3.05) is 13.7 Å². The van der Waals surface area contributed by atoms with E-state index < -0.39 is 102 Å². The topological polar surface area (TPSA) is 253 Å². The van der Waals surface area contributed by atoms with Crippen LogP contribution in [0.25, 0.3) is 0 Å². The second-order valence-corrected chi connectivity index (χ2v) is 11.4. The van der Waals surface area contributed by atoms with Gasteiger partial charge in [-0.2, -0.15) is 0 Å². The van der Waals surface area contributed by atoms with Gasteiger partial charge >= 0.3 is 0 Å². The number of amides is 1. The van der Waals surface area contributed by atoms with E-state index in [1.54, 1.807) is 0 Å². The number of carbonyl (C=O) groups is 4. The fourth-order valence-corrected chi connectivity index (χ4v) is 6.18. The highest BCUT2D eigenvalue weighted by Gasteiger charge is 2.49. The Morgan fingerprint density at radius 3 is 2.47 bits per heavy atom. The van der Waals surface area contributed by atoms with Gasteiger partial charge in [0, 0.05) is 36.0 Å². The highest BCUT2D eigenvalue weighted by molar-refractivity contribution is 6.31. The quantitative estimate of drug-likeness (QED) is 0.0989. The first kappa shape index (κ1) is 31.8. The van der Waals surface area contributed by atoms with Crippen molar-refractivity contribution < 1.29 is 53.8 Å². The van der Waals surface area contributed by atoms with Gasteiger partial charge in [-0.1, -0.05) is 12.1 Å². The van der Waals surface area contributed by atoms with Gasteiger partial charge in [-0.3, -0.25) is 19.2 Å². The number of carbonyl (C=O) groups excluding carboxylic acids is 4. The van der Waals surface area contributed by atoms with Crippen LogP contribution in [0.5, 0.6) is 17.2 Å². The fourth-order valence-electron chi connectivity index (χ4n) is 6.18. The van der Waals surface area contributed by atoms with Crippen molar-refractivity contribution in [2.24, 2.45) is 16.5 Å². The van der Waals surface area contributed by atoms with Crippen LogP contribution in [-0.4, -0.2) is 93.4 Å². The number of guanidine groups is 1. The smallest absolute Gasteiger partial charge is 0.242 e. The maximum absolute atomic E-state index is 13.8. The lowest BCUT2D eigenvalue weighted by Crippen LogP contribution is -2.56. The number of ketones is 3. The highest BCUT2D eigenvalue weighted by Crippen LogP contribution is 2.52. The van der Waals surface area contributed by atoms with Gasteiger partial charge in [0.25, 0.3) is 0 Å². The summed E-state index contributed by atoms with van der Waals surface area (Å²) in [6.45, 7) is 2.28. The largest absolute Gasteiger partial charge is 0.507 e. The molecule has 9 N–H and O–H groups in total. The van der Waals surface area contributed by atoms with Gasteiger partial charge < -0.3 is 51.4 Å². The first-order chi connectivity index (χ1) is 21.2. The molecule has 3 aliphatic rings. The molecule has 0 aromatic heterocycles. The maximum atomic E-state index is 13.8. The Kier molecular flexibility index (Phi) is 8.31. The maximum Gasteiger partial charge on any atom is 0.242 e. The van der Waals surface area contributed by atoms with Crippen molar-refractivity contribution >= 4 is 29.2 Å². The predicted octanol–water partition coefficient (Wildman–Crippen LogP) is -0.540. The van der Waals surface area contributed by atoms with E-state index in [2.05, 4.69) is 10.3 Å². The molecule has 2 aromatic rings. The average molecular weight is 627 g/mol. The van der Waals surface area contributed by atoms with Gasteiger partial charge in [0.1, 0.15) is 35.5 Å². The lowest BCUT2D eigenvalue weighted by Gasteiger charge is -2.42. The van der Waals surface area contributed by atoms with Gasteiger partial charge in [0.2, 0.25) is 11.7 Å². The average Bonchev–Trinajstić information content (AvgIpc) is 2.98. The third-order valence-electron chi connectivity index (χ3n) is 8.50. The van der Waals surface area contributed by atoms with Crippen molar-refractivity contribution in [2.45, 2.75) is 69.4 Å². The number of aliphatic hydroxyl groups excluding tert-OH is 1. The second-order valence-electron chi connectivity index (χ2n) is 11.4. The summed E-state index contributed by atoms with van der Waals surface area (Å²) in [6.07, 6.45) is -5.60. The molecule has 6 atom stereocenters. The zero-order chi connectivity index (χ0) is 33.0. The first-order valence-electron chi connectivity index (χ1n) is 14.1. The van der Waals surface area contributed by atoms with Crippen molar-refractivity contribution in [3.63, 3.8) is 0 Å². The lowest BCUT2D eigenvalue weighted by molar-refractivity contribution is -0.249. The first-order valence-corrected chi connectivity index (χ1v) is 14.1. The number of nitrogens with two attached hydrogens (primary N) is 2. The summed E-state index contributed by atoms with van der Waals surface area (Å²) in [5, 5.41) is 47.7. The molecule has 1 amide bonds. The van der Waals surface area contributed by atoms with Crippen LogP contribution in [-0.2, 0) is 25.5 Å². The molecule has 1 heterocycles. The van der Waals surface area contributed by atoms with Crippen molar-refractivity contribution in [1.82, 2.24) is 5.32 Å². The number of hydrogen-bond donors (Lipinski definition) is 7. The Bertz CT molecular complexity index is 1640. The van der Waals surface area contributed by atoms with Crippen molar-refractivity contribution in [3.8, 4) is 17.2 Å². The molecule has 240 valence electrons. The van der Waals surface area contributed by atoms with E-state index in [9.17, 15) is 39.6 Å². The van der Waals surface area contributed by atoms with Gasteiger partial charge in [-0.15, -0.1) is 0 Å². The van der Waals surface area contributed by atoms with Gasteiger partial charge in [0.15, 0.2) is 23.8 Å². The van der Waals surface area contributed by atoms with Crippen molar-refractivity contribution in [1.29, 1.82) is 0 Å². The van der Waals surface area contributed by atoms with Gasteiger partial charge in [0.05, 0.1) is 42.0 Å². The minimum atomic E-state index is -2.09. The lowest BCUT2D eigenvalue weighted by atomic mass is 9.72. The summed E-state index contributed by atoms with van der Waals surface area (Å²) in [6, 6.07) is 3.47. The molecule has 2 aromatic carbocycles. The molecule has 0 saturated carbocycles. The minimum absolute atomic E-state index is 0.0528. The third kappa shape index (κ3) is 5.48. The number of hydrogen-bond acceptors (Lipinski definition) is 12. The number of aliphatic imine (C=N–C) groups is 1. The summed E-state index contributed by atoms with van der Waals surface area (Å²) < 4.78 is 17.3. The third-order valence-corrected chi connectivity index (χ3v) is 8.50. The van der Waals surface area contributed by atoms with E-state index in [4.69, 9.17) is 25.7 Å². The molecule has 15 heteroatoms. The summed E-state index contributed by atoms with van der Waals surface area (Å²) >= 11 is 0. The Morgan fingerprint density at radius 1 is 1.13 bits per heavy atom. The van der Waals surface area contributed by atoms with E-state index in [-0.39, 0.29) is 40.4 Å². The van der Waals surface area contributed by atoms with E-state index in [0.717, 1.165) is 6.92 Å². The summed E-state index contributed by atoms with van der Waals surface area (Å²) in [5.41, 5.74) is 7.09. The number of phenolic OH excluding ortho intramolecular Hbond substituents is 2. The van der Waals surface area contributed by atoms with Crippen LogP contribution < -0.4 is 21.5 Å². The molecule has 5 rings (SSSR count). The van der Waals surface area contributed by atoms with Gasteiger partial charge in [-0.05, 0) is 19.9 Å². The number of nitrogens with zero attached hydrogens (tertiary/aromatic N) is 1. The molecule has 0 radical (unpaired) electrons. The molecule has 45 heavy (non-hydrogen) atoms. The minimum Gasteiger partial charge on any atom is -0.507 e. The molecule has 6 unspecified atom stereocenters. The van der Waals surface area contributed by atoms with Crippen LogP contribution in [0.1, 0.15) is 75.8 Å². The number of ether oxygens (including phenoxy) is 3. The second kappa shape index (κ2) is 11.7. The number of aromatic hydroxyl groups is 2. The number of rotatable bonds is 7. The SMILES string of the molecule is COc1cccc2c1C(=O)c1c(O)c3c(c(O)c1C2=O)CC(O)(C(C)=O)CC3OC1CC(NC(=O)CN=C(N)N)C(O)C(C)O1. The zero-order valence-corrected chi connectivity index (χ0v) is 24.7. The number of nitrogens with one attached hydrogen (secondary N) is 1. The summed E-state index contributed by atoms with van der Waals surface area (Å²) in [4.78, 5) is 56.1. The van der Waals surface area contributed by atoms with Crippen LogP contribution in [0.4, 0.5) is 0 Å². The van der Waals surface area contributed by atoms with Crippen LogP contribution >= 0.6 is 0 Å². The standard InChI is InChI=1S/C30H34N4O11/c1-11-24(37)15(34-18(36)10-33-29(31)32)7-19(44-11)45-17-9-30(42,12(2)35)8-14-21(17)28(41)23-22(26(14)39)25(38)13-5-4-6-16(43-3)20(13)27(23)40/h4-6,11,15,17,19,24,37,39,41-42H,7-10H2,1-3H3,(H,34,36)(H4,31,32,33). The summed E-state index contributed by atoms with van der Waals surface area (Å²) in [7, 11) is 1.32. The molecule has 1 aliphatic heterocycles. The molecule has 2 aliphatic carbocycles. The number of phenols is 2. The zero-order valence-electron chi connectivity index (χ0n) is 24.7. The molecule has 15 nitrogen and oxygen atoms in total. The van der Waals surface area contributed by atoms with E-state index in [1.807, 2.05) is 0 Å². The Morgan fingerprint density at radius 2 is 1.82 bits per heavy atom. The normalized spacial score (nSPS) is 27.1. The predicted molar refractivity (Wildman–Crippen MR) is 155 cm³/mol. The molecular formula is C30H34N4O11. The molecule has 1 saturated heterocycles. The Hall–Kier alpha value is -4.57. The van der Waals surface area contributed by atoms with E-state index in [1.165, 1.54) is 32.2 Å². The van der Waals surface area contributed by atoms with Crippen LogP contribution in [0.2, 0.25) is 0 Å². The number of fused-ring (bicyclic) bond motifs is 3.